The van der Waals surface area contributed by atoms with Crippen LogP contribution in [0.2, 0.25) is 0 Å². The van der Waals surface area contributed by atoms with Gasteiger partial charge in [-0.25, -0.2) is 0 Å². The molecule has 0 aliphatic rings. The van der Waals surface area contributed by atoms with Crippen molar-refractivity contribution in [3.05, 3.63) is 158 Å². The summed E-state index contributed by atoms with van der Waals surface area (Å²) in [7, 11) is 0. The summed E-state index contributed by atoms with van der Waals surface area (Å²) >= 11 is 1.88. The van der Waals surface area contributed by atoms with E-state index in [0.29, 0.717) is 0 Å². The Hall–Kier alpha value is -5.96. The zero-order valence-electron chi connectivity index (χ0n) is 25.8. The molecule has 48 heavy (non-hydrogen) atoms. The summed E-state index contributed by atoms with van der Waals surface area (Å²) in [5.41, 5.74) is 6.96. The second-order valence-electron chi connectivity index (χ2n) is 12.8. The molecule has 9 aromatic carbocycles. The molecule has 11 aromatic rings. The number of fused-ring (bicyclic) bond motifs is 12. The Morgan fingerprint density at radius 1 is 0.354 bits per heavy atom. The van der Waals surface area contributed by atoms with Crippen LogP contribution >= 0.6 is 11.3 Å². The molecular weight excluding hydrogens is 601 g/mol. The van der Waals surface area contributed by atoms with Crippen LogP contribution < -0.4 is 0 Å². The van der Waals surface area contributed by atoms with E-state index in [-0.39, 0.29) is 0 Å². The molecule has 0 amide bonds. The van der Waals surface area contributed by atoms with Crippen molar-refractivity contribution >= 4 is 96.5 Å². The zero-order valence-corrected chi connectivity index (χ0v) is 26.6. The van der Waals surface area contributed by atoms with Crippen molar-refractivity contribution < 1.29 is 4.42 Å². The molecule has 0 saturated heterocycles. The van der Waals surface area contributed by atoms with Crippen LogP contribution in [0.1, 0.15) is 0 Å². The second-order valence-corrected chi connectivity index (χ2v) is 13.8. The topological polar surface area (TPSA) is 13.1 Å². The summed E-state index contributed by atoms with van der Waals surface area (Å²) in [5, 5.41) is 15.1. The van der Waals surface area contributed by atoms with E-state index in [1.54, 1.807) is 0 Å². The predicted octanol–water partition coefficient (Wildman–Crippen LogP) is 13.9. The Bertz CT molecular complexity index is 3060. The average molecular weight is 627 g/mol. The highest BCUT2D eigenvalue weighted by Gasteiger charge is 2.20. The van der Waals surface area contributed by atoms with Gasteiger partial charge in [-0.05, 0) is 95.7 Å². The van der Waals surface area contributed by atoms with Gasteiger partial charge in [0.15, 0.2) is 0 Å². The van der Waals surface area contributed by atoms with Crippen molar-refractivity contribution in [2.24, 2.45) is 0 Å². The van der Waals surface area contributed by atoms with E-state index in [4.69, 9.17) is 4.42 Å². The average Bonchev–Trinajstić information content (AvgIpc) is 3.72. The third kappa shape index (κ3) is 3.61. The lowest BCUT2D eigenvalue weighted by Gasteiger charge is -2.18. The molecule has 2 heterocycles. The van der Waals surface area contributed by atoms with Crippen LogP contribution in [0.15, 0.2) is 162 Å². The quantitative estimate of drug-likeness (QED) is 0.174. The van der Waals surface area contributed by atoms with E-state index in [0.717, 1.165) is 11.2 Å². The van der Waals surface area contributed by atoms with E-state index >= 15 is 0 Å². The summed E-state index contributed by atoms with van der Waals surface area (Å²) in [4.78, 5) is 0. The summed E-state index contributed by atoms with van der Waals surface area (Å²) in [6, 6.07) is 57.7. The van der Waals surface area contributed by atoms with Crippen molar-refractivity contribution in [2.45, 2.75) is 0 Å². The molecule has 11 rings (SSSR count). The first-order chi connectivity index (χ1) is 23.8. The fraction of sp³-hybridized carbons (Fsp3) is 0. The van der Waals surface area contributed by atoms with Crippen LogP contribution in [-0.2, 0) is 0 Å². The third-order valence-corrected chi connectivity index (χ3v) is 11.4. The van der Waals surface area contributed by atoms with Gasteiger partial charge in [0.2, 0.25) is 0 Å². The van der Waals surface area contributed by atoms with Crippen molar-refractivity contribution in [1.82, 2.24) is 0 Å². The maximum atomic E-state index is 6.43. The lowest BCUT2D eigenvalue weighted by Crippen LogP contribution is -1.90. The molecular formula is C46H26OS. The van der Waals surface area contributed by atoms with Crippen LogP contribution in [0.5, 0.6) is 0 Å². The van der Waals surface area contributed by atoms with E-state index in [9.17, 15) is 0 Å². The van der Waals surface area contributed by atoms with Gasteiger partial charge in [-0.3, -0.25) is 0 Å². The van der Waals surface area contributed by atoms with Gasteiger partial charge in [0, 0.05) is 30.9 Å². The van der Waals surface area contributed by atoms with Gasteiger partial charge in [0.1, 0.15) is 11.2 Å². The minimum Gasteiger partial charge on any atom is -0.456 e. The van der Waals surface area contributed by atoms with E-state index in [2.05, 4.69) is 158 Å². The Morgan fingerprint density at radius 3 is 1.60 bits per heavy atom. The number of thiophene rings is 1. The van der Waals surface area contributed by atoms with Gasteiger partial charge in [-0.15, -0.1) is 11.3 Å². The molecule has 0 unspecified atom stereocenters. The highest BCUT2D eigenvalue weighted by Crippen LogP contribution is 2.48. The van der Waals surface area contributed by atoms with Crippen molar-refractivity contribution in [1.29, 1.82) is 0 Å². The smallest absolute Gasteiger partial charge is 0.136 e. The fourth-order valence-corrected chi connectivity index (χ4v) is 9.39. The van der Waals surface area contributed by atoms with Gasteiger partial charge in [-0.2, -0.15) is 0 Å². The number of benzene rings is 9. The lowest BCUT2D eigenvalue weighted by atomic mass is 9.85. The van der Waals surface area contributed by atoms with Crippen molar-refractivity contribution in [3.8, 4) is 22.3 Å². The third-order valence-electron chi connectivity index (χ3n) is 10.2. The molecule has 0 saturated carbocycles. The first-order valence-electron chi connectivity index (χ1n) is 16.4. The first kappa shape index (κ1) is 26.1. The predicted molar refractivity (Wildman–Crippen MR) is 208 cm³/mol. The summed E-state index contributed by atoms with van der Waals surface area (Å²) in [5.74, 6) is 0. The monoisotopic (exact) mass is 626 g/mol. The second kappa shape index (κ2) is 9.78. The number of hydrogen-bond acceptors (Lipinski definition) is 2. The largest absolute Gasteiger partial charge is 0.456 e. The van der Waals surface area contributed by atoms with Gasteiger partial charge >= 0.3 is 0 Å². The molecule has 0 fully saturated rings. The van der Waals surface area contributed by atoms with Crippen LogP contribution in [0.3, 0.4) is 0 Å². The molecule has 0 radical (unpaired) electrons. The highest BCUT2D eigenvalue weighted by atomic mass is 32.1. The summed E-state index contributed by atoms with van der Waals surface area (Å²) in [6.45, 7) is 0. The van der Waals surface area contributed by atoms with Crippen LogP contribution in [0.4, 0.5) is 0 Å². The molecule has 0 bridgehead atoms. The highest BCUT2D eigenvalue weighted by molar-refractivity contribution is 7.26. The summed E-state index contributed by atoms with van der Waals surface area (Å²) < 4.78 is 9.01. The molecule has 0 aliphatic carbocycles. The zero-order chi connectivity index (χ0) is 31.3. The minimum absolute atomic E-state index is 0.943. The molecule has 0 spiro atoms. The van der Waals surface area contributed by atoms with E-state index in [1.165, 1.54) is 96.3 Å². The van der Waals surface area contributed by atoms with Crippen molar-refractivity contribution in [3.63, 3.8) is 0 Å². The van der Waals surface area contributed by atoms with E-state index < -0.39 is 0 Å². The van der Waals surface area contributed by atoms with Crippen LogP contribution in [0.25, 0.3) is 107 Å². The fourth-order valence-electron chi connectivity index (χ4n) is 8.11. The van der Waals surface area contributed by atoms with Gasteiger partial charge < -0.3 is 4.42 Å². The number of hydrogen-bond donors (Lipinski definition) is 0. The molecule has 0 N–H and O–H groups in total. The molecule has 0 aliphatic heterocycles. The molecule has 222 valence electrons. The Labute approximate surface area is 279 Å². The molecule has 1 nitrogen and oxygen atoms in total. The maximum Gasteiger partial charge on any atom is 0.136 e. The van der Waals surface area contributed by atoms with Crippen LogP contribution in [-0.4, -0.2) is 0 Å². The normalized spacial score (nSPS) is 12.2. The lowest BCUT2D eigenvalue weighted by molar-refractivity contribution is 0.669. The first-order valence-corrected chi connectivity index (χ1v) is 17.2. The number of rotatable bonds is 2. The Morgan fingerprint density at radius 2 is 0.875 bits per heavy atom. The molecule has 2 heteroatoms. The van der Waals surface area contributed by atoms with Gasteiger partial charge in [0.25, 0.3) is 0 Å². The summed E-state index contributed by atoms with van der Waals surface area (Å²) in [6.07, 6.45) is 0. The minimum atomic E-state index is 0.943. The molecule has 2 aromatic heterocycles. The van der Waals surface area contributed by atoms with Crippen molar-refractivity contribution in [2.75, 3.05) is 0 Å². The van der Waals surface area contributed by atoms with Gasteiger partial charge in [-0.1, -0.05) is 127 Å². The Balaban J connectivity index is 1.19. The molecule has 0 atom stereocenters. The number of furan rings is 1. The SMILES string of the molecule is c1ccc2cc(-c3c4ccccc4c(-c4ccc5c(c4)sc4c5ccc5oc6ccc7ccccc7c6c54)c4ccccc34)ccc2c1. The van der Waals surface area contributed by atoms with E-state index in [1.807, 2.05) is 11.3 Å². The Kier molecular flexibility index (Phi) is 5.32. The van der Waals surface area contributed by atoms with Crippen LogP contribution in [0, 0.1) is 0 Å². The van der Waals surface area contributed by atoms with Gasteiger partial charge in [0.05, 0.1) is 0 Å². The maximum absolute atomic E-state index is 6.43. The standard InChI is InChI=1S/C46H26OS/c1-2-11-29-25-30(18-17-27(29)9-1)42-34-13-5-7-15-36(34)43(37-16-8-6-14-35(37)42)31-19-21-33-38-22-24-40-45(46(38)48-41(33)26-31)44-32-12-4-3-10-28(32)20-23-39(44)47-40/h1-26H.